The number of nitrogens with zero attached hydrogens (tertiary/aromatic N) is 3. The summed E-state index contributed by atoms with van der Waals surface area (Å²) in [5.41, 5.74) is 0. The van der Waals surface area contributed by atoms with Crippen molar-refractivity contribution < 1.29 is 4.79 Å². The topological polar surface area (TPSA) is 60.0 Å². The molecule has 122 valence electrons. The van der Waals surface area contributed by atoms with Crippen LogP contribution in [0.5, 0.6) is 0 Å². The third-order valence-electron chi connectivity index (χ3n) is 3.65. The summed E-state index contributed by atoms with van der Waals surface area (Å²) in [7, 11) is 5.45. The molecule has 1 amide bonds. The van der Waals surface area contributed by atoms with E-state index in [1.165, 1.54) is 0 Å². The van der Waals surface area contributed by atoms with Gasteiger partial charge in [0.15, 0.2) is 5.96 Å². The fraction of sp³-hybridized carbons (Fsp3) is 0.867. The fourth-order valence-electron chi connectivity index (χ4n) is 2.63. The van der Waals surface area contributed by atoms with Crippen LogP contribution in [0.4, 0.5) is 0 Å². The van der Waals surface area contributed by atoms with E-state index in [1.807, 2.05) is 14.1 Å². The average molecular weight is 297 g/mol. The quantitative estimate of drug-likeness (QED) is 0.426. The van der Waals surface area contributed by atoms with Crippen molar-refractivity contribution in [2.24, 2.45) is 4.99 Å². The standard InChI is InChI=1S/C15H31N5O/c1-12(2)18-15(16-3)17-9-7-11-20-10-6-8-13(20)14(21)19(4)5/h12-13H,6-11H2,1-5H3,(H2,16,17,18). The number of nitrogens with one attached hydrogen (secondary N) is 2. The van der Waals surface area contributed by atoms with Crippen molar-refractivity contribution in [3.05, 3.63) is 0 Å². The number of carbonyl (C=O) groups excluding carboxylic acids is 1. The number of guanidine groups is 1. The smallest absolute Gasteiger partial charge is 0.239 e. The molecule has 0 bridgehead atoms. The van der Waals surface area contributed by atoms with Gasteiger partial charge in [0.1, 0.15) is 0 Å². The van der Waals surface area contributed by atoms with Crippen LogP contribution >= 0.6 is 0 Å². The van der Waals surface area contributed by atoms with Crippen LogP contribution < -0.4 is 10.6 Å². The maximum absolute atomic E-state index is 12.1. The molecule has 0 aromatic heterocycles. The van der Waals surface area contributed by atoms with Crippen LogP contribution in [0.2, 0.25) is 0 Å². The molecule has 0 aromatic rings. The lowest BCUT2D eigenvalue weighted by Crippen LogP contribution is -2.44. The molecule has 1 unspecified atom stereocenters. The van der Waals surface area contributed by atoms with Gasteiger partial charge < -0.3 is 15.5 Å². The van der Waals surface area contributed by atoms with Gasteiger partial charge in [0, 0.05) is 40.3 Å². The highest BCUT2D eigenvalue weighted by Crippen LogP contribution is 2.18. The maximum atomic E-state index is 12.1. The molecule has 0 aromatic carbocycles. The fourth-order valence-corrected chi connectivity index (χ4v) is 2.63. The first kappa shape index (κ1) is 17.8. The number of hydrogen-bond acceptors (Lipinski definition) is 3. The number of likely N-dealkylation sites (tertiary alicyclic amines) is 1. The summed E-state index contributed by atoms with van der Waals surface area (Å²) in [4.78, 5) is 20.3. The molecule has 1 atom stereocenters. The number of rotatable bonds is 6. The summed E-state index contributed by atoms with van der Waals surface area (Å²) >= 11 is 0. The van der Waals surface area contributed by atoms with Crippen LogP contribution in [-0.4, -0.2) is 74.5 Å². The Morgan fingerprint density at radius 1 is 1.43 bits per heavy atom. The predicted molar refractivity (Wildman–Crippen MR) is 87.5 cm³/mol. The van der Waals surface area contributed by atoms with Gasteiger partial charge in [-0.2, -0.15) is 0 Å². The normalized spacial score (nSPS) is 19.9. The molecular formula is C15H31N5O. The Bertz CT molecular complexity index is 354. The minimum Gasteiger partial charge on any atom is -0.356 e. The van der Waals surface area contributed by atoms with Crippen LogP contribution in [0.25, 0.3) is 0 Å². The zero-order valence-electron chi connectivity index (χ0n) is 14.1. The van der Waals surface area contributed by atoms with Crippen LogP contribution in [0.1, 0.15) is 33.1 Å². The second-order valence-corrected chi connectivity index (χ2v) is 6.08. The minimum absolute atomic E-state index is 0.0769. The van der Waals surface area contributed by atoms with E-state index in [0.717, 1.165) is 44.9 Å². The highest BCUT2D eigenvalue weighted by atomic mass is 16.2. The average Bonchev–Trinajstić information content (AvgIpc) is 2.88. The molecule has 1 rings (SSSR count). The maximum Gasteiger partial charge on any atom is 0.239 e. The number of hydrogen-bond donors (Lipinski definition) is 2. The number of likely N-dealkylation sites (N-methyl/N-ethyl adjacent to an activating group) is 1. The van der Waals surface area contributed by atoms with Crippen molar-refractivity contribution in [3.63, 3.8) is 0 Å². The molecular weight excluding hydrogens is 266 g/mol. The Labute approximate surface area is 129 Å². The van der Waals surface area contributed by atoms with Gasteiger partial charge in [-0.1, -0.05) is 0 Å². The Morgan fingerprint density at radius 3 is 2.71 bits per heavy atom. The van der Waals surface area contributed by atoms with Gasteiger partial charge in [-0.05, 0) is 39.7 Å². The number of amides is 1. The summed E-state index contributed by atoms with van der Waals surface area (Å²) in [6, 6.07) is 0.449. The van der Waals surface area contributed by atoms with Crippen LogP contribution in [0.15, 0.2) is 4.99 Å². The van der Waals surface area contributed by atoms with Gasteiger partial charge in [-0.3, -0.25) is 14.7 Å². The molecule has 1 aliphatic rings. The second-order valence-electron chi connectivity index (χ2n) is 6.08. The molecule has 1 fully saturated rings. The summed E-state index contributed by atoms with van der Waals surface area (Å²) in [5.74, 6) is 1.07. The van der Waals surface area contributed by atoms with Gasteiger partial charge in [0.05, 0.1) is 6.04 Å². The van der Waals surface area contributed by atoms with Crippen LogP contribution in [0, 0.1) is 0 Å². The Morgan fingerprint density at radius 2 is 2.14 bits per heavy atom. The van der Waals surface area contributed by atoms with E-state index >= 15 is 0 Å². The lowest BCUT2D eigenvalue weighted by molar-refractivity contribution is -0.133. The van der Waals surface area contributed by atoms with Gasteiger partial charge in [-0.25, -0.2) is 0 Å². The van der Waals surface area contributed by atoms with E-state index in [4.69, 9.17) is 0 Å². The molecule has 1 heterocycles. The Kier molecular flexibility index (Phi) is 7.50. The highest BCUT2D eigenvalue weighted by molar-refractivity contribution is 5.81. The molecule has 6 nitrogen and oxygen atoms in total. The molecule has 0 saturated carbocycles. The van der Waals surface area contributed by atoms with E-state index in [1.54, 1.807) is 11.9 Å². The molecule has 0 spiro atoms. The van der Waals surface area contributed by atoms with Crippen LogP contribution in [-0.2, 0) is 4.79 Å². The molecule has 1 aliphatic heterocycles. The summed E-state index contributed by atoms with van der Waals surface area (Å²) < 4.78 is 0. The molecule has 0 aliphatic carbocycles. The van der Waals surface area contributed by atoms with Crippen molar-refractivity contribution in [2.45, 2.75) is 45.2 Å². The van der Waals surface area contributed by atoms with Gasteiger partial charge >= 0.3 is 0 Å². The third kappa shape index (κ3) is 5.91. The first-order valence-electron chi connectivity index (χ1n) is 7.88. The summed E-state index contributed by atoms with van der Waals surface area (Å²) in [6.07, 6.45) is 3.12. The summed E-state index contributed by atoms with van der Waals surface area (Å²) in [6.45, 7) is 7.04. The molecule has 1 saturated heterocycles. The van der Waals surface area contributed by atoms with Gasteiger partial charge in [-0.15, -0.1) is 0 Å². The van der Waals surface area contributed by atoms with E-state index in [9.17, 15) is 4.79 Å². The molecule has 2 N–H and O–H groups in total. The van der Waals surface area contributed by atoms with Crippen molar-refractivity contribution in [1.82, 2.24) is 20.4 Å². The second kappa shape index (κ2) is 8.87. The van der Waals surface area contributed by atoms with Crippen LogP contribution in [0.3, 0.4) is 0 Å². The Balaban J connectivity index is 2.30. The van der Waals surface area contributed by atoms with Crippen molar-refractivity contribution in [1.29, 1.82) is 0 Å². The molecule has 6 heteroatoms. The first-order valence-corrected chi connectivity index (χ1v) is 7.88. The van der Waals surface area contributed by atoms with E-state index in [2.05, 4.69) is 34.4 Å². The zero-order chi connectivity index (χ0) is 15.8. The van der Waals surface area contributed by atoms with Crippen molar-refractivity contribution >= 4 is 11.9 Å². The monoisotopic (exact) mass is 297 g/mol. The van der Waals surface area contributed by atoms with E-state index in [0.29, 0.717) is 6.04 Å². The first-order chi connectivity index (χ1) is 9.95. The van der Waals surface area contributed by atoms with Gasteiger partial charge in [0.25, 0.3) is 0 Å². The van der Waals surface area contributed by atoms with Gasteiger partial charge in [0.2, 0.25) is 5.91 Å². The lowest BCUT2D eigenvalue weighted by Gasteiger charge is -2.26. The largest absolute Gasteiger partial charge is 0.356 e. The molecule has 21 heavy (non-hydrogen) atoms. The van der Waals surface area contributed by atoms with E-state index in [-0.39, 0.29) is 11.9 Å². The van der Waals surface area contributed by atoms with Crippen molar-refractivity contribution in [3.8, 4) is 0 Å². The number of aliphatic imine (C=N–C) groups is 1. The Hall–Kier alpha value is -1.30. The highest BCUT2D eigenvalue weighted by Gasteiger charge is 2.30. The lowest BCUT2D eigenvalue weighted by atomic mass is 10.2. The third-order valence-corrected chi connectivity index (χ3v) is 3.65. The number of carbonyl (C=O) groups is 1. The summed E-state index contributed by atoms with van der Waals surface area (Å²) in [5, 5.41) is 6.57. The minimum atomic E-state index is 0.0769. The zero-order valence-corrected chi connectivity index (χ0v) is 14.1. The SMILES string of the molecule is CN=C(NCCCN1CCCC1C(=O)N(C)C)NC(C)C. The van der Waals surface area contributed by atoms with Crippen molar-refractivity contribution in [2.75, 3.05) is 40.8 Å². The predicted octanol–water partition coefficient (Wildman–Crippen LogP) is 0.503. The molecule has 0 radical (unpaired) electrons. The van der Waals surface area contributed by atoms with E-state index < -0.39 is 0 Å².